The van der Waals surface area contributed by atoms with Crippen LogP contribution in [0.1, 0.15) is 37.2 Å². The van der Waals surface area contributed by atoms with E-state index in [-0.39, 0.29) is 11.6 Å². The van der Waals surface area contributed by atoms with Crippen molar-refractivity contribution in [2.75, 3.05) is 24.7 Å². The molecule has 0 aromatic carbocycles. The molecule has 3 aromatic heterocycles. The van der Waals surface area contributed by atoms with E-state index in [1.807, 2.05) is 19.9 Å². The van der Waals surface area contributed by atoms with E-state index in [1.54, 1.807) is 26.4 Å². The molecule has 28 heavy (non-hydrogen) atoms. The second-order valence-electron chi connectivity index (χ2n) is 6.22. The number of aryl methyl sites for hydroxylation is 3. The number of amides is 2. The lowest BCUT2D eigenvalue weighted by Crippen LogP contribution is -2.21. The van der Waals surface area contributed by atoms with Gasteiger partial charge in [0, 0.05) is 30.9 Å². The molecule has 0 aliphatic rings. The zero-order valence-corrected chi connectivity index (χ0v) is 17.7. The van der Waals surface area contributed by atoms with Crippen LogP contribution in [0, 0.1) is 20.8 Å². The number of rotatable bonds is 5. The van der Waals surface area contributed by atoms with Gasteiger partial charge in [-0.15, -0.1) is 11.3 Å². The first-order valence-electron chi connectivity index (χ1n) is 8.28. The molecule has 3 aromatic rings. The van der Waals surface area contributed by atoms with Crippen molar-refractivity contribution in [2.45, 2.75) is 20.8 Å². The molecule has 11 heteroatoms. The van der Waals surface area contributed by atoms with E-state index < -0.39 is 5.91 Å². The van der Waals surface area contributed by atoms with Gasteiger partial charge in [-0.3, -0.25) is 14.9 Å². The van der Waals surface area contributed by atoms with Crippen LogP contribution in [0.4, 0.5) is 16.2 Å². The standard InChI is InChI=1S/C17H19N7O2S2/c1-8-6-9(2)19-15(18-8)23-16-21-11(7-27-16)13(25)22-17-20-10(3)12(28-17)14(26)24(4)5/h6-7H,1-5H3,(H,20,22,25)(H,18,19,21,23). The number of hydrogen-bond donors (Lipinski definition) is 2. The summed E-state index contributed by atoms with van der Waals surface area (Å²) in [4.78, 5) is 43.6. The molecule has 2 amide bonds. The number of thiazole rings is 2. The third kappa shape index (κ3) is 4.49. The first-order chi connectivity index (χ1) is 13.2. The molecule has 2 N–H and O–H groups in total. The molecule has 0 radical (unpaired) electrons. The van der Waals surface area contributed by atoms with Gasteiger partial charge in [0.2, 0.25) is 5.95 Å². The molecule has 0 spiro atoms. The van der Waals surface area contributed by atoms with E-state index in [9.17, 15) is 9.59 Å². The molecule has 0 aliphatic carbocycles. The lowest BCUT2D eigenvalue weighted by Gasteiger charge is -2.07. The zero-order chi connectivity index (χ0) is 20.4. The van der Waals surface area contributed by atoms with E-state index in [0.717, 1.165) is 22.7 Å². The normalized spacial score (nSPS) is 10.6. The topological polar surface area (TPSA) is 113 Å². The molecular weight excluding hydrogens is 398 g/mol. The molecule has 0 bridgehead atoms. The zero-order valence-electron chi connectivity index (χ0n) is 16.0. The smallest absolute Gasteiger partial charge is 0.276 e. The van der Waals surface area contributed by atoms with Gasteiger partial charge in [0.15, 0.2) is 10.3 Å². The average molecular weight is 418 g/mol. The Kier molecular flexibility index (Phi) is 5.66. The van der Waals surface area contributed by atoms with E-state index in [0.29, 0.717) is 26.8 Å². The van der Waals surface area contributed by atoms with Crippen LogP contribution in [0.2, 0.25) is 0 Å². The van der Waals surface area contributed by atoms with Crippen molar-refractivity contribution in [3.63, 3.8) is 0 Å². The number of nitrogens with one attached hydrogen (secondary N) is 2. The highest BCUT2D eigenvalue weighted by atomic mass is 32.1. The first-order valence-corrected chi connectivity index (χ1v) is 9.98. The highest BCUT2D eigenvalue weighted by Gasteiger charge is 2.19. The van der Waals surface area contributed by atoms with E-state index in [2.05, 4.69) is 30.6 Å². The van der Waals surface area contributed by atoms with Crippen molar-refractivity contribution in [1.29, 1.82) is 0 Å². The van der Waals surface area contributed by atoms with Crippen LogP contribution >= 0.6 is 22.7 Å². The van der Waals surface area contributed by atoms with Gasteiger partial charge in [-0.1, -0.05) is 11.3 Å². The first kappa shape index (κ1) is 19.8. The maximum absolute atomic E-state index is 12.5. The third-order valence-corrected chi connectivity index (χ3v) is 5.37. The molecule has 0 unspecified atom stereocenters. The summed E-state index contributed by atoms with van der Waals surface area (Å²) in [6.45, 7) is 5.50. The van der Waals surface area contributed by atoms with Crippen molar-refractivity contribution in [1.82, 2.24) is 24.8 Å². The molecule has 0 atom stereocenters. The maximum atomic E-state index is 12.5. The Hall–Kier alpha value is -2.92. The van der Waals surface area contributed by atoms with Crippen LogP contribution in [0.3, 0.4) is 0 Å². The predicted molar refractivity (Wildman–Crippen MR) is 110 cm³/mol. The lowest BCUT2D eigenvalue weighted by atomic mass is 10.3. The van der Waals surface area contributed by atoms with Crippen LogP contribution in [-0.2, 0) is 0 Å². The summed E-state index contributed by atoms with van der Waals surface area (Å²) in [5, 5.41) is 8.19. The number of anilines is 3. The predicted octanol–water partition coefficient (Wildman–Crippen LogP) is 3.01. The molecule has 3 heterocycles. The van der Waals surface area contributed by atoms with Crippen molar-refractivity contribution in [3.8, 4) is 0 Å². The molecule has 3 rings (SSSR count). The highest BCUT2D eigenvalue weighted by Crippen LogP contribution is 2.25. The van der Waals surface area contributed by atoms with Crippen LogP contribution < -0.4 is 10.6 Å². The summed E-state index contributed by atoms with van der Waals surface area (Å²) < 4.78 is 0. The van der Waals surface area contributed by atoms with Gasteiger partial charge in [0.25, 0.3) is 11.8 Å². The van der Waals surface area contributed by atoms with Gasteiger partial charge in [0.05, 0.1) is 5.69 Å². The van der Waals surface area contributed by atoms with Crippen LogP contribution in [0.25, 0.3) is 0 Å². The van der Waals surface area contributed by atoms with Gasteiger partial charge in [0.1, 0.15) is 10.6 Å². The lowest BCUT2D eigenvalue weighted by molar-refractivity contribution is 0.0831. The van der Waals surface area contributed by atoms with E-state index in [1.165, 1.54) is 16.2 Å². The summed E-state index contributed by atoms with van der Waals surface area (Å²) >= 11 is 2.41. The fourth-order valence-corrected chi connectivity index (χ4v) is 3.99. The highest BCUT2D eigenvalue weighted by molar-refractivity contribution is 7.17. The molecule has 0 saturated heterocycles. The van der Waals surface area contributed by atoms with Gasteiger partial charge in [-0.2, -0.15) is 0 Å². The van der Waals surface area contributed by atoms with E-state index >= 15 is 0 Å². The number of hydrogen-bond acceptors (Lipinski definition) is 9. The molecule has 146 valence electrons. The molecule has 0 saturated carbocycles. The molecular formula is C17H19N7O2S2. The number of nitrogens with zero attached hydrogens (tertiary/aromatic N) is 5. The average Bonchev–Trinajstić information content (AvgIpc) is 3.19. The largest absolute Gasteiger partial charge is 0.344 e. The van der Waals surface area contributed by atoms with Crippen molar-refractivity contribution in [2.24, 2.45) is 0 Å². The Balaban J connectivity index is 1.71. The molecule has 9 nitrogen and oxygen atoms in total. The fraction of sp³-hybridized carbons (Fsp3) is 0.294. The Morgan fingerprint density at radius 1 is 1.00 bits per heavy atom. The number of aromatic nitrogens is 4. The summed E-state index contributed by atoms with van der Waals surface area (Å²) in [7, 11) is 3.34. The van der Waals surface area contributed by atoms with Crippen molar-refractivity contribution in [3.05, 3.63) is 39.1 Å². The SMILES string of the molecule is Cc1cc(C)nc(Nc2nc(C(=O)Nc3nc(C)c(C(=O)N(C)C)s3)cs2)n1. The second kappa shape index (κ2) is 7.98. The van der Waals surface area contributed by atoms with Gasteiger partial charge < -0.3 is 10.2 Å². The van der Waals surface area contributed by atoms with Gasteiger partial charge >= 0.3 is 0 Å². The third-order valence-electron chi connectivity index (χ3n) is 3.56. The number of carbonyl (C=O) groups is 2. The monoisotopic (exact) mass is 417 g/mol. The van der Waals surface area contributed by atoms with Crippen molar-refractivity contribution < 1.29 is 9.59 Å². The number of carbonyl (C=O) groups excluding carboxylic acids is 2. The fourth-order valence-electron chi connectivity index (χ4n) is 2.33. The van der Waals surface area contributed by atoms with Gasteiger partial charge in [-0.05, 0) is 26.8 Å². The van der Waals surface area contributed by atoms with E-state index in [4.69, 9.17) is 0 Å². The quantitative estimate of drug-likeness (QED) is 0.656. The molecule has 0 aliphatic heterocycles. The second-order valence-corrected chi connectivity index (χ2v) is 8.08. The van der Waals surface area contributed by atoms with Crippen molar-refractivity contribution >= 4 is 50.7 Å². The van der Waals surface area contributed by atoms with Crippen LogP contribution in [-0.4, -0.2) is 50.7 Å². The maximum Gasteiger partial charge on any atom is 0.276 e. The minimum absolute atomic E-state index is 0.149. The van der Waals surface area contributed by atoms with Crippen LogP contribution in [0.5, 0.6) is 0 Å². The van der Waals surface area contributed by atoms with Gasteiger partial charge in [-0.25, -0.2) is 19.9 Å². The Bertz CT molecular complexity index is 1020. The summed E-state index contributed by atoms with van der Waals surface area (Å²) in [5.74, 6) is -0.117. The minimum atomic E-state index is -0.400. The molecule has 0 fully saturated rings. The minimum Gasteiger partial charge on any atom is -0.344 e. The Morgan fingerprint density at radius 2 is 1.68 bits per heavy atom. The summed E-state index contributed by atoms with van der Waals surface area (Å²) in [5.41, 5.74) is 2.50. The van der Waals surface area contributed by atoms with Crippen LogP contribution in [0.15, 0.2) is 11.4 Å². The summed E-state index contributed by atoms with van der Waals surface area (Å²) in [6.07, 6.45) is 0. The summed E-state index contributed by atoms with van der Waals surface area (Å²) in [6, 6.07) is 1.87. The Labute approximate surface area is 169 Å². The Morgan fingerprint density at radius 3 is 2.32 bits per heavy atom.